The van der Waals surface area contributed by atoms with Crippen molar-refractivity contribution in [2.45, 2.75) is 26.4 Å². The van der Waals surface area contributed by atoms with Crippen LogP contribution in [0.4, 0.5) is 0 Å². The third-order valence-electron chi connectivity index (χ3n) is 2.98. The Balaban J connectivity index is 1.88. The van der Waals surface area contributed by atoms with Gasteiger partial charge in [0.15, 0.2) is 5.82 Å². The predicted molar refractivity (Wildman–Crippen MR) is 80.0 cm³/mol. The lowest BCUT2D eigenvalue weighted by molar-refractivity contribution is 0.614. The highest BCUT2D eigenvalue weighted by Crippen LogP contribution is 2.30. The van der Waals surface area contributed by atoms with Crippen LogP contribution in [0.5, 0.6) is 0 Å². The molecule has 20 heavy (non-hydrogen) atoms. The number of imidazole rings is 1. The third-order valence-corrected chi connectivity index (χ3v) is 4.21. The Labute approximate surface area is 125 Å². The summed E-state index contributed by atoms with van der Waals surface area (Å²) < 4.78 is 4.91. The molecule has 0 radical (unpaired) electrons. The minimum atomic E-state index is 0.658. The van der Waals surface area contributed by atoms with Gasteiger partial charge in [-0.15, -0.1) is 21.5 Å². The second-order valence-electron chi connectivity index (χ2n) is 4.42. The molecule has 104 valence electrons. The van der Waals surface area contributed by atoms with E-state index in [2.05, 4.69) is 31.2 Å². The quantitative estimate of drug-likeness (QED) is 0.726. The zero-order chi connectivity index (χ0) is 13.9. The Hall–Kier alpha value is -1.66. The first-order chi connectivity index (χ1) is 9.78. The summed E-state index contributed by atoms with van der Waals surface area (Å²) in [6.45, 7) is 3.72. The van der Waals surface area contributed by atoms with Gasteiger partial charge < -0.3 is 9.13 Å². The number of hydrogen-bond donors (Lipinski definition) is 0. The van der Waals surface area contributed by atoms with Gasteiger partial charge in [0.25, 0.3) is 0 Å². The van der Waals surface area contributed by atoms with Gasteiger partial charge >= 0.3 is 0 Å². The maximum Gasteiger partial charge on any atom is 0.152 e. The van der Waals surface area contributed by atoms with E-state index in [1.165, 1.54) is 11.3 Å². The molecule has 0 atom stereocenters. The standard InChI is InChI=1S/C13H14ClN5S/c1-2-6-19-9-16-17-12(19)8-18-7-5-15-13(18)10-3-4-11(14)20-10/h3-5,7,9H,2,6,8H2,1H3. The maximum absolute atomic E-state index is 5.99. The van der Waals surface area contributed by atoms with Crippen molar-refractivity contribution in [2.75, 3.05) is 0 Å². The number of aryl methyl sites for hydroxylation is 1. The minimum absolute atomic E-state index is 0.658. The number of thiophene rings is 1. The first kappa shape index (κ1) is 13.3. The van der Waals surface area contributed by atoms with Gasteiger partial charge in [0.1, 0.15) is 12.2 Å². The summed E-state index contributed by atoms with van der Waals surface area (Å²) in [5, 5.41) is 8.18. The van der Waals surface area contributed by atoms with E-state index < -0.39 is 0 Å². The number of aromatic nitrogens is 5. The number of hydrogen-bond acceptors (Lipinski definition) is 4. The van der Waals surface area contributed by atoms with E-state index in [1.54, 1.807) is 12.5 Å². The zero-order valence-corrected chi connectivity index (χ0v) is 12.6. The third kappa shape index (κ3) is 2.62. The van der Waals surface area contributed by atoms with Crippen molar-refractivity contribution < 1.29 is 0 Å². The van der Waals surface area contributed by atoms with Crippen molar-refractivity contribution >= 4 is 22.9 Å². The SMILES string of the molecule is CCCn1cnnc1Cn1ccnc1-c1ccc(Cl)s1. The van der Waals surface area contributed by atoms with E-state index in [1.807, 2.05) is 18.3 Å². The molecule has 0 fully saturated rings. The Bertz CT molecular complexity index is 699. The fraction of sp³-hybridized carbons (Fsp3) is 0.308. The Morgan fingerprint density at radius 1 is 1.30 bits per heavy atom. The van der Waals surface area contributed by atoms with Gasteiger partial charge in [0.05, 0.1) is 15.8 Å². The van der Waals surface area contributed by atoms with Gasteiger partial charge in [-0.1, -0.05) is 18.5 Å². The van der Waals surface area contributed by atoms with Crippen molar-refractivity contribution in [3.63, 3.8) is 0 Å². The molecule has 3 rings (SSSR count). The van der Waals surface area contributed by atoms with Crippen LogP contribution in [-0.4, -0.2) is 24.3 Å². The van der Waals surface area contributed by atoms with Crippen LogP contribution in [0.1, 0.15) is 19.2 Å². The van der Waals surface area contributed by atoms with Crippen LogP contribution < -0.4 is 0 Å². The van der Waals surface area contributed by atoms with Crippen molar-refractivity contribution in [3.05, 3.63) is 41.0 Å². The van der Waals surface area contributed by atoms with Gasteiger partial charge in [0, 0.05) is 18.9 Å². The number of nitrogens with zero attached hydrogens (tertiary/aromatic N) is 5. The number of halogens is 1. The Kier molecular flexibility index (Phi) is 3.84. The molecule has 0 aliphatic rings. The fourth-order valence-corrected chi connectivity index (χ4v) is 3.13. The second kappa shape index (κ2) is 5.76. The second-order valence-corrected chi connectivity index (χ2v) is 6.14. The molecule has 0 N–H and O–H groups in total. The summed E-state index contributed by atoms with van der Waals surface area (Å²) in [6.07, 6.45) is 6.58. The van der Waals surface area contributed by atoms with E-state index in [-0.39, 0.29) is 0 Å². The first-order valence-corrected chi connectivity index (χ1v) is 7.61. The van der Waals surface area contributed by atoms with Crippen molar-refractivity contribution in [1.29, 1.82) is 0 Å². The summed E-state index contributed by atoms with van der Waals surface area (Å²) in [6, 6.07) is 3.88. The van der Waals surface area contributed by atoms with Gasteiger partial charge in [-0.05, 0) is 18.6 Å². The molecule has 0 unspecified atom stereocenters. The van der Waals surface area contributed by atoms with Crippen molar-refractivity contribution in [3.8, 4) is 10.7 Å². The number of rotatable bonds is 5. The molecule has 3 heterocycles. The Morgan fingerprint density at radius 3 is 2.95 bits per heavy atom. The molecule has 0 aliphatic carbocycles. The molecule has 5 nitrogen and oxygen atoms in total. The maximum atomic E-state index is 5.99. The van der Waals surface area contributed by atoms with E-state index in [4.69, 9.17) is 11.6 Å². The smallest absolute Gasteiger partial charge is 0.152 e. The molecule has 7 heteroatoms. The van der Waals surface area contributed by atoms with Gasteiger partial charge in [-0.2, -0.15) is 0 Å². The van der Waals surface area contributed by atoms with E-state index in [9.17, 15) is 0 Å². The monoisotopic (exact) mass is 307 g/mol. The Morgan fingerprint density at radius 2 is 2.20 bits per heavy atom. The molecule has 0 aromatic carbocycles. The first-order valence-electron chi connectivity index (χ1n) is 6.41. The zero-order valence-electron chi connectivity index (χ0n) is 11.0. The van der Waals surface area contributed by atoms with E-state index >= 15 is 0 Å². The molecular formula is C13H14ClN5S. The molecule has 0 saturated carbocycles. The van der Waals surface area contributed by atoms with Crippen LogP contribution in [0.25, 0.3) is 10.7 Å². The molecule has 3 aromatic heterocycles. The molecule has 3 aromatic rings. The van der Waals surface area contributed by atoms with Crippen LogP contribution >= 0.6 is 22.9 Å². The lowest BCUT2D eigenvalue weighted by Gasteiger charge is -2.08. The highest BCUT2D eigenvalue weighted by molar-refractivity contribution is 7.19. The van der Waals surface area contributed by atoms with Gasteiger partial charge in [-0.25, -0.2) is 4.98 Å². The van der Waals surface area contributed by atoms with Crippen LogP contribution in [0, 0.1) is 0 Å². The molecule has 0 saturated heterocycles. The summed E-state index contributed by atoms with van der Waals surface area (Å²) in [4.78, 5) is 5.47. The molecule has 0 bridgehead atoms. The normalized spacial score (nSPS) is 11.1. The van der Waals surface area contributed by atoms with Gasteiger partial charge in [0.2, 0.25) is 0 Å². The molecular weight excluding hydrogens is 294 g/mol. The molecule has 0 amide bonds. The highest BCUT2D eigenvalue weighted by Gasteiger charge is 2.11. The summed E-state index contributed by atoms with van der Waals surface area (Å²) >= 11 is 7.52. The van der Waals surface area contributed by atoms with Crippen molar-refractivity contribution in [1.82, 2.24) is 24.3 Å². The average molecular weight is 308 g/mol. The van der Waals surface area contributed by atoms with Crippen LogP contribution in [-0.2, 0) is 13.1 Å². The lowest BCUT2D eigenvalue weighted by atomic mass is 10.4. The average Bonchev–Trinajstić information content (AvgIpc) is 3.13. The molecule has 0 spiro atoms. The van der Waals surface area contributed by atoms with Gasteiger partial charge in [-0.3, -0.25) is 0 Å². The summed E-state index contributed by atoms with van der Waals surface area (Å²) in [5.41, 5.74) is 0. The fourth-order valence-electron chi connectivity index (χ4n) is 2.08. The van der Waals surface area contributed by atoms with Crippen LogP contribution in [0.15, 0.2) is 30.9 Å². The van der Waals surface area contributed by atoms with E-state index in [0.29, 0.717) is 6.54 Å². The largest absolute Gasteiger partial charge is 0.323 e. The molecule has 0 aliphatic heterocycles. The summed E-state index contributed by atoms with van der Waals surface area (Å²) in [5.74, 6) is 1.85. The van der Waals surface area contributed by atoms with E-state index in [0.717, 1.165) is 33.8 Å². The van der Waals surface area contributed by atoms with Crippen LogP contribution in [0.2, 0.25) is 4.34 Å². The lowest BCUT2D eigenvalue weighted by Crippen LogP contribution is -2.08. The summed E-state index contributed by atoms with van der Waals surface area (Å²) in [7, 11) is 0. The topological polar surface area (TPSA) is 48.5 Å². The highest BCUT2D eigenvalue weighted by atomic mass is 35.5. The van der Waals surface area contributed by atoms with Crippen molar-refractivity contribution in [2.24, 2.45) is 0 Å². The van der Waals surface area contributed by atoms with Crippen LogP contribution in [0.3, 0.4) is 0 Å². The minimum Gasteiger partial charge on any atom is -0.323 e. The predicted octanol–water partition coefficient (Wildman–Crippen LogP) is 3.31.